The molecule has 1 N–H and O–H groups in total. The van der Waals surface area contributed by atoms with E-state index in [1.807, 2.05) is 0 Å². The highest BCUT2D eigenvalue weighted by molar-refractivity contribution is 6.51. The number of carbonyl (C=O) groups excluding carboxylic acids is 2. The van der Waals surface area contributed by atoms with Crippen molar-refractivity contribution in [3.8, 4) is 0 Å². The molecule has 7 heteroatoms. The van der Waals surface area contributed by atoms with E-state index in [-0.39, 0.29) is 11.3 Å². The number of halogens is 2. The second kappa shape index (κ2) is 7.70. The van der Waals surface area contributed by atoms with E-state index in [9.17, 15) is 14.7 Å². The number of aliphatic hydroxyl groups is 1. The molecule has 0 saturated carbocycles. The van der Waals surface area contributed by atoms with Crippen LogP contribution in [0, 0.1) is 0 Å². The summed E-state index contributed by atoms with van der Waals surface area (Å²) in [5.74, 6) is -1.52. The molecule has 0 aliphatic carbocycles. The van der Waals surface area contributed by atoms with Gasteiger partial charge in [0.15, 0.2) is 0 Å². The summed E-state index contributed by atoms with van der Waals surface area (Å²) in [7, 11) is 0. The number of Topliss-reactive ketones (excluding diaryl/α,β-unsaturated/α-hetero) is 1. The van der Waals surface area contributed by atoms with Crippen LogP contribution in [0.2, 0.25) is 10.0 Å². The number of rotatable bonds is 3. The van der Waals surface area contributed by atoms with Crippen LogP contribution in [0.5, 0.6) is 0 Å². The third-order valence-corrected chi connectivity index (χ3v) is 5.15. The number of carbonyl (C=O) groups is 2. The molecule has 1 aliphatic rings. The van der Waals surface area contributed by atoms with E-state index in [1.54, 1.807) is 66.7 Å². The zero-order chi connectivity index (χ0) is 20.5. The van der Waals surface area contributed by atoms with Crippen molar-refractivity contribution < 1.29 is 14.7 Å². The van der Waals surface area contributed by atoms with Gasteiger partial charge in [0.05, 0.1) is 11.6 Å². The Bertz CT molecular complexity index is 1110. The minimum Gasteiger partial charge on any atom is -0.507 e. The van der Waals surface area contributed by atoms with Crippen molar-refractivity contribution in [2.24, 2.45) is 0 Å². The SMILES string of the molecule is O=C1C(=O)N(c2ccccn2)[C@@H](c2ccc(Cl)cc2)C1=C(O)c1ccc(Cl)cc1. The molecule has 1 amide bonds. The van der Waals surface area contributed by atoms with Gasteiger partial charge in [-0.2, -0.15) is 0 Å². The molecular weight excluding hydrogens is 411 g/mol. The predicted octanol–water partition coefficient (Wildman–Crippen LogP) is 5.01. The van der Waals surface area contributed by atoms with Crippen LogP contribution < -0.4 is 4.90 Å². The number of nitrogens with zero attached hydrogens (tertiary/aromatic N) is 2. The van der Waals surface area contributed by atoms with Gasteiger partial charge in [-0.25, -0.2) is 4.98 Å². The van der Waals surface area contributed by atoms with E-state index in [0.29, 0.717) is 27.0 Å². The van der Waals surface area contributed by atoms with Crippen LogP contribution in [-0.4, -0.2) is 21.8 Å². The first-order valence-electron chi connectivity index (χ1n) is 8.71. The van der Waals surface area contributed by atoms with Gasteiger partial charge < -0.3 is 5.11 Å². The average molecular weight is 425 g/mol. The molecule has 1 saturated heterocycles. The summed E-state index contributed by atoms with van der Waals surface area (Å²) in [5.41, 5.74) is 0.979. The maximum Gasteiger partial charge on any atom is 0.301 e. The first-order chi connectivity index (χ1) is 14.0. The van der Waals surface area contributed by atoms with Gasteiger partial charge in [0.25, 0.3) is 5.78 Å². The maximum absolute atomic E-state index is 12.9. The van der Waals surface area contributed by atoms with Crippen LogP contribution in [0.4, 0.5) is 5.82 Å². The molecule has 1 aliphatic heterocycles. The van der Waals surface area contributed by atoms with E-state index in [2.05, 4.69) is 4.98 Å². The zero-order valence-corrected chi connectivity index (χ0v) is 16.4. The number of benzene rings is 2. The highest BCUT2D eigenvalue weighted by Gasteiger charge is 2.47. The van der Waals surface area contributed by atoms with Gasteiger partial charge in [0, 0.05) is 21.8 Å². The molecule has 1 aromatic heterocycles. The number of ketones is 1. The van der Waals surface area contributed by atoms with E-state index in [4.69, 9.17) is 23.2 Å². The van der Waals surface area contributed by atoms with Crippen LogP contribution in [0.25, 0.3) is 5.76 Å². The number of amides is 1. The van der Waals surface area contributed by atoms with E-state index in [0.717, 1.165) is 0 Å². The van der Waals surface area contributed by atoms with Crippen molar-refractivity contribution in [3.63, 3.8) is 0 Å². The molecule has 5 nitrogen and oxygen atoms in total. The summed E-state index contributed by atoms with van der Waals surface area (Å²) in [5, 5.41) is 11.9. The van der Waals surface area contributed by atoms with Gasteiger partial charge >= 0.3 is 5.91 Å². The minimum atomic E-state index is -0.849. The van der Waals surface area contributed by atoms with Crippen molar-refractivity contribution in [2.75, 3.05) is 4.90 Å². The molecule has 1 atom stereocenters. The van der Waals surface area contributed by atoms with Crippen molar-refractivity contribution in [3.05, 3.63) is 99.7 Å². The van der Waals surface area contributed by atoms with Gasteiger partial charge in [-0.3, -0.25) is 14.5 Å². The fourth-order valence-electron chi connectivity index (χ4n) is 3.29. The smallest absolute Gasteiger partial charge is 0.301 e. The Morgan fingerprint density at radius 2 is 1.52 bits per heavy atom. The van der Waals surface area contributed by atoms with Crippen molar-refractivity contribution in [1.29, 1.82) is 0 Å². The van der Waals surface area contributed by atoms with E-state index in [1.165, 1.54) is 11.1 Å². The van der Waals surface area contributed by atoms with Crippen molar-refractivity contribution in [1.82, 2.24) is 4.98 Å². The minimum absolute atomic E-state index is 0.0229. The fourth-order valence-corrected chi connectivity index (χ4v) is 3.54. The highest BCUT2D eigenvalue weighted by atomic mass is 35.5. The Morgan fingerprint density at radius 1 is 0.897 bits per heavy atom. The molecule has 29 heavy (non-hydrogen) atoms. The molecule has 0 radical (unpaired) electrons. The summed E-state index contributed by atoms with van der Waals surface area (Å²) in [6.45, 7) is 0. The lowest BCUT2D eigenvalue weighted by atomic mass is 9.95. The average Bonchev–Trinajstić information content (AvgIpc) is 3.00. The fraction of sp³-hybridized carbons (Fsp3) is 0.0455. The van der Waals surface area contributed by atoms with Gasteiger partial charge in [0.2, 0.25) is 0 Å². The number of anilines is 1. The number of hydrogen-bond acceptors (Lipinski definition) is 4. The van der Waals surface area contributed by atoms with E-state index >= 15 is 0 Å². The van der Waals surface area contributed by atoms with Crippen LogP contribution in [0.3, 0.4) is 0 Å². The third-order valence-electron chi connectivity index (χ3n) is 4.64. The summed E-state index contributed by atoms with van der Waals surface area (Å²) in [6.07, 6.45) is 1.53. The third kappa shape index (κ3) is 3.50. The Morgan fingerprint density at radius 3 is 2.10 bits per heavy atom. The summed E-state index contributed by atoms with van der Waals surface area (Å²) >= 11 is 11.9. The topological polar surface area (TPSA) is 70.5 Å². The van der Waals surface area contributed by atoms with Crippen LogP contribution in [0.1, 0.15) is 17.2 Å². The molecule has 2 heterocycles. The second-order valence-corrected chi connectivity index (χ2v) is 7.29. The number of hydrogen-bond donors (Lipinski definition) is 1. The number of aromatic nitrogens is 1. The monoisotopic (exact) mass is 424 g/mol. The first kappa shape index (κ1) is 19.2. The normalized spacial score (nSPS) is 18.3. The molecule has 3 aromatic rings. The summed E-state index contributed by atoms with van der Waals surface area (Å²) in [6, 6.07) is 17.4. The van der Waals surface area contributed by atoms with Crippen LogP contribution in [-0.2, 0) is 9.59 Å². The van der Waals surface area contributed by atoms with E-state index < -0.39 is 17.7 Å². The van der Waals surface area contributed by atoms with Gasteiger partial charge in [0.1, 0.15) is 11.6 Å². The Labute approximate surface area is 176 Å². The first-order valence-corrected chi connectivity index (χ1v) is 9.46. The maximum atomic E-state index is 12.9. The molecule has 0 unspecified atom stereocenters. The Hall–Kier alpha value is -3.15. The lowest BCUT2D eigenvalue weighted by Gasteiger charge is -2.24. The number of aliphatic hydroxyl groups excluding tert-OH is 1. The predicted molar refractivity (Wildman–Crippen MR) is 112 cm³/mol. The Balaban J connectivity index is 1.94. The summed E-state index contributed by atoms with van der Waals surface area (Å²) < 4.78 is 0. The molecule has 1 fully saturated rings. The van der Waals surface area contributed by atoms with Crippen LogP contribution >= 0.6 is 23.2 Å². The van der Waals surface area contributed by atoms with Gasteiger partial charge in [-0.15, -0.1) is 0 Å². The van der Waals surface area contributed by atoms with Gasteiger partial charge in [-0.05, 0) is 54.1 Å². The van der Waals surface area contributed by atoms with Gasteiger partial charge in [-0.1, -0.05) is 41.4 Å². The molecule has 4 rings (SSSR count). The standard InChI is InChI=1S/C22H14Cl2N2O3/c23-15-8-4-13(5-9-15)19-18(20(27)14-6-10-16(24)11-7-14)21(28)22(29)26(19)17-3-1-2-12-25-17/h1-12,19,27H/t19-/m0/s1. The van der Waals surface area contributed by atoms with Crippen molar-refractivity contribution >= 4 is 46.5 Å². The largest absolute Gasteiger partial charge is 0.507 e. The molecule has 0 bridgehead atoms. The highest BCUT2D eigenvalue weighted by Crippen LogP contribution is 2.41. The lowest BCUT2D eigenvalue weighted by Crippen LogP contribution is -2.30. The quantitative estimate of drug-likeness (QED) is 0.364. The molecule has 0 spiro atoms. The summed E-state index contributed by atoms with van der Waals surface area (Å²) in [4.78, 5) is 31.3. The second-order valence-electron chi connectivity index (χ2n) is 6.42. The Kier molecular flexibility index (Phi) is 5.09. The molecule has 2 aromatic carbocycles. The van der Waals surface area contributed by atoms with Crippen molar-refractivity contribution in [2.45, 2.75) is 6.04 Å². The number of pyridine rings is 1. The zero-order valence-electron chi connectivity index (χ0n) is 14.9. The lowest BCUT2D eigenvalue weighted by molar-refractivity contribution is -0.132. The molecular formula is C22H14Cl2N2O3. The van der Waals surface area contributed by atoms with Crippen LogP contribution in [0.15, 0.2) is 78.5 Å². The molecule has 144 valence electrons.